The van der Waals surface area contributed by atoms with Crippen LogP contribution in [0, 0.1) is 11.8 Å². The molecule has 4 N–H and O–H groups in total. The molecule has 184 valence electrons. The number of nitrogens with two attached hydrogens (primary N) is 1. The van der Waals surface area contributed by atoms with Crippen molar-refractivity contribution in [2.75, 3.05) is 34.0 Å². The molecular formula is C25H44N2O5. The molecule has 0 aliphatic rings. The molecule has 0 heterocycles. The van der Waals surface area contributed by atoms with E-state index in [1.807, 2.05) is 25.1 Å². The topological polar surface area (TPSA) is 103 Å². The van der Waals surface area contributed by atoms with Gasteiger partial charge < -0.3 is 30.4 Å². The highest BCUT2D eigenvalue weighted by molar-refractivity contribution is 5.75. The predicted molar refractivity (Wildman–Crippen MR) is 128 cm³/mol. The van der Waals surface area contributed by atoms with Gasteiger partial charge in [-0.15, -0.1) is 0 Å². The van der Waals surface area contributed by atoms with Gasteiger partial charge in [-0.25, -0.2) is 0 Å². The number of hydrogen-bond donors (Lipinski definition) is 3. The number of unbranched alkanes of at least 4 members (excludes halogenated alkanes) is 1. The first kappa shape index (κ1) is 28.2. The van der Waals surface area contributed by atoms with Gasteiger partial charge in [0.25, 0.3) is 0 Å². The van der Waals surface area contributed by atoms with Crippen LogP contribution in [-0.4, -0.2) is 57.1 Å². The summed E-state index contributed by atoms with van der Waals surface area (Å²) in [6, 6.07) is 5.60. The summed E-state index contributed by atoms with van der Waals surface area (Å²) in [5.74, 6) is 2.07. The molecule has 0 saturated heterocycles. The maximum atomic E-state index is 11.8. The van der Waals surface area contributed by atoms with Crippen LogP contribution in [0.3, 0.4) is 0 Å². The first-order valence-electron chi connectivity index (χ1n) is 11.8. The minimum Gasteiger partial charge on any atom is -0.493 e. The fraction of sp³-hybridized carbons (Fsp3) is 0.720. The van der Waals surface area contributed by atoms with Gasteiger partial charge in [0.15, 0.2) is 11.5 Å². The van der Waals surface area contributed by atoms with Gasteiger partial charge in [0.05, 0.1) is 19.8 Å². The van der Waals surface area contributed by atoms with E-state index in [1.54, 1.807) is 14.2 Å². The highest BCUT2D eigenvalue weighted by atomic mass is 16.5. The monoisotopic (exact) mass is 452 g/mol. The second-order valence-corrected chi connectivity index (χ2v) is 8.76. The average Bonchev–Trinajstić information content (AvgIpc) is 2.78. The first-order chi connectivity index (χ1) is 15.3. The number of nitrogens with one attached hydrogen (secondary N) is 1. The molecule has 1 rings (SSSR count). The van der Waals surface area contributed by atoms with Crippen molar-refractivity contribution in [3.63, 3.8) is 0 Å². The van der Waals surface area contributed by atoms with Crippen LogP contribution < -0.4 is 20.5 Å². The predicted octanol–water partition coefficient (Wildman–Crippen LogP) is 3.31. The van der Waals surface area contributed by atoms with E-state index in [1.165, 1.54) is 0 Å². The highest BCUT2D eigenvalue weighted by Gasteiger charge is 2.23. The van der Waals surface area contributed by atoms with E-state index in [2.05, 4.69) is 19.2 Å². The van der Waals surface area contributed by atoms with Crippen molar-refractivity contribution < 1.29 is 24.1 Å². The second kappa shape index (κ2) is 15.9. The number of ether oxygens (including phenoxy) is 3. The summed E-state index contributed by atoms with van der Waals surface area (Å²) in [5.41, 5.74) is 7.45. The van der Waals surface area contributed by atoms with Crippen LogP contribution in [0.15, 0.2) is 18.2 Å². The molecule has 32 heavy (non-hydrogen) atoms. The van der Waals surface area contributed by atoms with Gasteiger partial charge in [0, 0.05) is 39.1 Å². The summed E-state index contributed by atoms with van der Waals surface area (Å²) >= 11 is 0. The minimum absolute atomic E-state index is 0.0326. The second-order valence-electron chi connectivity index (χ2n) is 8.76. The Balaban J connectivity index is 2.70. The normalized spacial score (nSPS) is 14.1. The summed E-state index contributed by atoms with van der Waals surface area (Å²) in [7, 11) is 3.31. The third kappa shape index (κ3) is 10.7. The molecule has 1 aromatic carbocycles. The molecule has 0 aliphatic carbocycles. The molecule has 3 atom stereocenters. The van der Waals surface area contributed by atoms with Crippen molar-refractivity contribution in [1.29, 1.82) is 0 Å². The zero-order valence-corrected chi connectivity index (χ0v) is 20.6. The number of hydrogen-bond acceptors (Lipinski definition) is 6. The molecule has 0 aromatic heterocycles. The zero-order chi connectivity index (χ0) is 23.9. The van der Waals surface area contributed by atoms with E-state index in [0.29, 0.717) is 37.7 Å². The molecule has 1 aromatic rings. The van der Waals surface area contributed by atoms with Gasteiger partial charge in [-0.2, -0.15) is 0 Å². The average molecular weight is 453 g/mol. The Bertz CT molecular complexity index is 653. The lowest BCUT2D eigenvalue weighted by Gasteiger charge is -2.27. The Morgan fingerprint density at radius 1 is 1.16 bits per heavy atom. The van der Waals surface area contributed by atoms with E-state index in [9.17, 15) is 9.90 Å². The number of aliphatic hydroxyl groups excluding tert-OH is 1. The van der Waals surface area contributed by atoms with Crippen LogP contribution in [0.1, 0.15) is 58.4 Å². The Morgan fingerprint density at radius 2 is 1.91 bits per heavy atom. The Hall–Kier alpha value is -1.83. The van der Waals surface area contributed by atoms with Crippen molar-refractivity contribution in [3.05, 3.63) is 23.8 Å². The van der Waals surface area contributed by atoms with Crippen molar-refractivity contribution in [3.8, 4) is 11.5 Å². The number of carbonyl (C=O) groups excluding carboxylic acids is 1. The Labute approximate surface area is 194 Å². The third-order valence-corrected chi connectivity index (χ3v) is 5.75. The lowest BCUT2D eigenvalue weighted by Crippen LogP contribution is -2.44. The molecule has 0 bridgehead atoms. The van der Waals surface area contributed by atoms with Crippen molar-refractivity contribution in [2.45, 2.75) is 71.4 Å². The molecule has 0 fully saturated rings. The van der Waals surface area contributed by atoms with E-state index in [-0.39, 0.29) is 18.4 Å². The molecule has 0 radical (unpaired) electrons. The quantitative estimate of drug-likeness (QED) is 0.313. The number of aliphatic hydroxyl groups is 1. The Morgan fingerprint density at radius 3 is 2.53 bits per heavy atom. The van der Waals surface area contributed by atoms with Crippen LogP contribution in [0.4, 0.5) is 0 Å². The fourth-order valence-corrected chi connectivity index (χ4v) is 3.54. The van der Waals surface area contributed by atoms with E-state index < -0.39 is 12.1 Å². The molecular weight excluding hydrogens is 408 g/mol. The maximum Gasteiger partial charge on any atom is 0.220 e. The smallest absolute Gasteiger partial charge is 0.220 e. The van der Waals surface area contributed by atoms with Gasteiger partial charge in [0.1, 0.15) is 0 Å². The lowest BCUT2D eigenvalue weighted by molar-refractivity contribution is -0.121. The van der Waals surface area contributed by atoms with Crippen LogP contribution in [0.5, 0.6) is 11.5 Å². The van der Waals surface area contributed by atoms with Crippen molar-refractivity contribution >= 4 is 5.91 Å². The van der Waals surface area contributed by atoms with Gasteiger partial charge in [-0.1, -0.05) is 33.3 Å². The summed E-state index contributed by atoms with van der Waals surface area (Å²) in [6.07, 6.45) is 3.83. The largest absolute Gasteiger partial charge is 0.493 e. The fourth-order valence-electron chi connectivity index (χ4n) is 3.54. The molecule has 7 heteroatoms. The molecule has 0 saturated carbocycles. The minimum atomic E-state index is -0.766. The van der Waals surface area contributed by atoms with Crippen LogP contribution in [0.2, 0.25) is 0 Å². The molecule has 3 unspecified atom stereocenters. The highest BCUT2D eigenvalue weighted by Crippen LogP contribution is 2.31. The summed E-state index contributed by atoms with van der Waals surface area (Å²) in [4.78, 5) is 11.8. The van der Waals surface area contributed by atoms with Crippen LogP contribution in [-0.2, 0) is 16.0 Å². The molecule has 1 amide bonds. The van der Waals surface area contributed by atoms with Crippen LogP contribution in [0.25, 0.3) is 0 Å². The SMILES string of the molecule is CCCCC(=O)NCC(O)C(N)CC(Cc1ccc(OC)c(OCCCOC)c1)C(C)C. The van der Waals surface area contributed by atoms with E-state index in [4.69, 9.17) is 19.9 Å². The van der Waals surface area contributed by atoms with Gasteiger partial charge >= 0.3 is 0 Å². The molecule has 0 spiro atoms. The number of benzene rings is 1. The van der Waals surface area contributed by atoms with Crippen molar-refractivity contribution in [2.24, 2.45) is 17.6 Å². The molecule has 0 aliphatic heterocycles. The summed E-state index contributed by atoms with van der Waals surface area (Å²) < 4.78 is 16.4. The number of methoxy groups -OCH3 is 2. The summed E-state index contributed by atoms with van der Waals surface area (Å²) in [6.45, 7) is 7.78. The van der Waals surface area contributed by atoms with Gasteiger partial charge in [-0.3, -0.25) is 4.79 Å². The van der Waals surface area contributed by atoms with E-state index in [0.717, 1.165) is 37.0 Å². The first-order valence-corrected chi connectivity index (χ1v) is 11.8. The van der Waals surface area contributed by atoms with Crippen LogP contribution >= 0.6 is 0 Å². The zero-order valence-electron chi connectivity index (χ0n) is 20.6. The third-order valence-electron chi connectivity index (χ3n) is 5.75. The van der Waals surface area contributed by atoms with Crippen molar-refractivity contribution in [1.82, 2.24) is 5.32 Å². The standard InChI is InChI=1S/C25H44N2O5/c1-6-7-9-25(29)27-17-22(28)21(26)16-20(18(2)3)14-19-10-11-23(31-5)24(15-19)32-13-8-12-30-4/h10-11,15,18,20-22,28H,6-9,12-14,16-17,26H2,1-5H3,(H,27,29). The van der Waals surface area contributed by atoms with Gasteiger partial charge in [0.2, 0.25) is 5.91 Å². The Kier molecular flexibility index (Phi) is 14.0. The number of rotatable bonds is 17. The van der Waals surface area contributed by atoms with Gasteiger partial charge in [-0.05, 0) is 48.8 Å². The number of amides is 1. The summed E-state index contributed by atoms with van der Waals surface area (Å²) in [5, 5.41) is 13.2. The van der Waals surface area contributed by atoms with E-state index >= 15 is 0 Å². The molecule has 7 nitrogen and oxygen atoms in total. The number of carbonyl (C=O) groups is 1. The lowest BCUT2D eigenvalue weighted by atomic mass is 9.83. The maximum absolute atomic E-state index is 11.8.